The lowest BCUT2D eigenvalue weighted by atomic mass is 10.0. The number of carbonyl (C=O) groups excluding carboxylic acids is 1. The lowest BCUT2D eigenvalue weighted by Gasteiger charge is -2.44. The van der Waals surface area contributed by atoms with Gasteiger partial charge in [0.15, 0.2) is 0 Å². The van der Waals surface area contributed by atoms with Crippen molar-refractivity contribution in [2.45, 2.75) is 19.0 Å². The Morgan fingerprint density at radius 3 is 2.78 bits per heavy atom. The summed E-state index contributed by atoms with van der Waals surface area (Å²) < 4.78 is 13.2. The van der Waals surface area contributed by atoms with Crippen LogP contribution >= 0.6 is 0 Å². The molecule has 2 aromatic rings. The first-order valence-corrected chi connectivity index (χ1v) is 7.73. The molecule has 0 aliphatic carbocycles. The Hall–Kier alpha value is -2.27. The van der Waals surface area contributed by atoms with Crippen LogP contribution in [0, 0.1) is 5.82 Å². The average molecular weight is 313 g/mol. The van der Waals surface area contributed by atoms with Crippen LogP contribution < -0.4 is 0 Å². The predicted octanol–water partition coefficient (Wildman–Crippen LogP) is 2.11. The van der Waals surface area contributed by atoms with Gasteiger partial charge in [-0.1, -0.05) is 18.2 Å². The van der Waals surface area contributed by atoms with Gasteiger partial charge in [-0.05, 0) is 36.4 Å². The smallest absolute Gasteiger partial charge is 0.227 e. The van der Waals surface area contributed by atoms with Crippen LogP contribution in [0.4, 0.5) is 4.39 Å². The highest BCUT2D eigenvalue weighted by atomic mass is 19.1. The molecule has 0 spiro atoms. The number of carbonyl (C=O) groups is 1. The second-order valence-electron chi connectivity index (χ2n) is 6.04. The second kappa shape index (κ2) is 6.87. The molecule has 1 aromatic carbocycles. The molecule has 1 fully saturated rings. The molecule has 0 radical (unpaired) electrons. The first kappa shape index (κ1) is 15.6. The van der Waals surface area contributed by atoms with E-state index in [2.05, 4.69) is 23.0 Å². The molecule has 1 saturated heterocycles. The first-order chi connectivity index (χ1) is 11.1. The summed E-state index contributed by atoms with van der Waals surface area (Å²) in [6.45, 7) is 2.28. The molecule has 120 valence electrons. The zero-order valence-corrected chi connectivity index (χ0v) is 13.2. The standard InChI is InChI=1S/C18H20FN3O/c1-21(11-15-5-3-7-20-10-15)17-12-22(13-17)18(23)9-14-4-2-6-16(19)8-14/h2-8,10,17H,9,11-13H2,1H3. The zero-order chi connectivity index (χ0) is 16.2. The molecular weight excluding hydrogens is 293 g/mol. The number of nitrogens with zero attached hydrogens (tertiary/aromatic N) is 3. The van der Waals surface area contributed by atoms with Crippen LogP contribution in [0.5, 0.6) is 0 Å². The number of likely N-dealkylation sites (tertiary alicyclic amines) is 1. The fourth-order valence-electron chi connectivity index (χ4n) is 2.78. The third kappa shape index (κ3) is 3.93. The van der Waals surface area contributed by atoms with Gasteiger partial charge in [-0.3, -0.25) is 14.7 Å². The number of hydrogen-bond donors (Lipinski definition) is 0. The van der Waals surface area contributed by atoms with Crippen LogP contribution in [0.25, 0.3) is 0 Å². The van der Waals surface area contributed by atoms with Gasteiger partial charge in [0.05, 0.1) is 6.42 Å². The van der Waals surface area contributed by atoms with Crippen molar-refractivity contribution in [2.24, 2.45) is 0 Å². The topological polar surface area (TPSA) is 36.4 Å². The molecule has 4 nitrogen and oxygen atoms in total. The normalized spacial score (nSPS) is 14.8. The van der Waals surface area contributed by atoms with Gasteiger partial charge in [-0.25, -0.2) is 4.39 Å². The van der Waals surface area contributed by atoms with E-state index < -0.39 is 0 Å². The molecule has 3 rings (SSSR count). The summed E-state index contributed by atoms with van der Waals surface area (Å²) in [6.07, 6.45) is 3.89. The molecule has 5 heteroatoms. The van der Waals surface area contributed by atoms with Crippen molar-refractivity contribution < 1.29 is 9.18 Å². The number of likely N-dealkylation sites (N-methyl/N-ethyl adjacent to an activating group) is 1. The molecule has 0 N–H and O–H groups in total. The average Bonchev–Trinajstić information content (AvgIpc) is 2.46. The van der Waals surface area contributed by atoms with Crippen molar-refractivity contribution in [3.8, 4) is 0 Å². The maximum Gasteiger partial charge on any atom is 0.227 e. The highest BCUT2D eigenvalue weighted by Crippen LogP contribution is 2.17. The molecule has 2 heterocycles. The van der Waals surface area contributed by atoms with Crippen LogP contribution in [0.3, 0.4) is 0 Å². The van der Waals surface area contributed by atoms with E-state index in [1.165, 1.54) is 17.7 Å². The summed E-state index contributed by atoms with van der Waals surface area (Å²) in [6, 6.07) is 10.6. The van der Waals surface area contributed by atoms with E-state index in [-0.39, 0.29) is 18.1 Å². The summed E-state index contributed by atoms with van der Waals surface area (Å²) in [5, 5.41) is 0. The monoisotopic (exact) mass is 313 g/mol. The lowest BCUT2D eigenvalue weighted by molar-refractivity contribution is -0.137. The Balaban J connectivity index is 1.47. The van der Waals surface area contributed by atoms with Crippen LogP contribution in [0.2, 0.25) is 0 Å². The Bertz CT molecular complexity index is 671. The van der Waals surface area contributed by atoms with Gasteiger partial charge in [0, 0.05) is 38.1 Å². The summed E-state index contributed by atoms with van der Waals surface area (Å²) in [5.74, 6) is -0.241. The maximum atomic E-state index is 13.2. The second-order valence-corrected chi connectivity index (χ2v) is 6.04. The molecule has 23 heavy (non-hydrogen) atoms. The van der Waals surface area contributed by atoms with Gasteiger partial charge < -0.3 is 4.90 Å². The van der Waals surface area contributed by atoms with Crippen LogP contribution in [-0.2, 0) is 17.8 Å². The SMILES string of the molecule is CN(Cc1cccnc1)C1CN(C(=O)Cc2cccc(F)c2)C1. The molecule has 1 aliphatic rings. The minimum Gasteiger partial charge on any atom is -0.339 e. The van der Waals surface area contributed by atoms with E-state index in [9.17, 15) is 9.18 Å². The van der Waals surface area contributed by atoms with E-state index in [0.717, 1.165) is 25.2 Å². The summed E-state index contributed by atoms with van der Waals surface area (Å²) in [4.78, 5) is 20.4. The minimum atomic E-state index is -0.298. The van der Waals surface area contributed by atoms with Crippen LogP contribution in [0.1, 0.15) is 11.1 Å². The number of hydrogen-bond acceptors (Lipinski definition) is 3. The van der Waals surface area contributed by atoms with E-state index in [1.807, 2.05) is 17.2 Å². The molecule has 0 atom stereocenters. The van der Waals surface area contributed by atoms with Crippen LogP contribution in [0.15, 0.2) is 48.8 Å². The molecule has 0 saturated carbocycles. The number of amides is 1. The molecular formula is C18H20FN3O. The highest BCUT2D eigenvalue weighted by molar-refractivity contribution is 5.79. The van der Waals surface area contributed by atoms with E-state index in [1.54, 1.807) is 18.3 Å². The zero-order valence-electron chi connectivity index (χ0n) is 13.2. The van der Waals surface area contributed by atoms with E-state index in [0.29, 0.717) is 6.04 Å². The Morgan fingerprint density at radius 1 is 1.30 bits per heavy atom. The predicted molar refractivity (Wildman–Crippen MR) is 86.2 cm³/mol. The highest BCUT2D eigenvalue weighted by Gasteiger charge is 2.33. The first-order valence-electron chi connectivity index (χ1n) is 7.73. The van der Waals surface area contributed by atoms with Crippen molar-refractivity contribution in [3.05, 3.63) is 65.7 Å². The molecule has 1 aliphatic heterocycles. The largest absolute Gasteiger partial charge is 0.339 e. The molecule has 0 unspecified atom stereocenters. The number of halogens is 1. The molecule has 1 amide bonds. The van der Waals surface area contributed by atoms with Gasteiger partial charge in [0.25, 0.3) is 0 Å². The van der Waals surface area contributed by atoms with Gasteiger partial charge >= 0.3 is 0 Å². The summed E-state index contributed by atoms with van der Waals surface area (Å²) in [5.41, 5.74) is 1.89. The number of pyridine rings is 1. The molecule has 0 bridgehead atoms. The lowest BCUT2D eigenvalue weighted by Crippen LogP contribution is -2.60. The summed E-state index contributed by atoms with van der Waals surface area (Å²) in [7, 11) is 2.06. The van der Waals surface area contributed by atoms with Crippen LogP contribution in [-0.4, -0.2) is 46.9 Å². The summed E-state index contributed by atoms with van der Waals surface area (Å²) >= 11 is 0. The van der Waals surface area contributed by atoms with Crippen molar-refractivity contribution in [2.75, 3.05) is 20.1 Å². The van der Waals surface area contributed by atoms with Crippen molar-refractivity contribution in [3.63, 3.8) is 0 Å². The number of rotatable bonds is 5. The quantitative estimate of drug-likeness (QED) is 0.848. The van der Waals surface area contributed by atoms with Gasteiger partial charge in [0.1, 0.15) is 5.82 Å². The molecule has 1 aromatic heterocycles. The Morgan fingerprint density at radius 2 is 2.09 bits per heavy atom. The van der Waals surface area contributed by atoms with Crippen molar-refractivity contribution in [1.82, 2.24) is 14.8 Å². The Kier molecular flexibility index (Phi) is 4.67. The Labute approximate surface area is 135 Å². The van der Waals surface area contributed by atoms with Gasteiger partial charge in [-0.15, -0.1) is 0 Å². The third-order valence-corrected chi connectivity index (χ3v) is 4.24. The van der Waals surface area contributed by atoms with E-state index >= 15 is 0 Å². The fourth-order valence-corrected chi connectivity index (χ4v) is 2.78. The van der Waals surface area contributed by atoms with Gasteiger partial charge in [-0.2, -0.15) is 0 Å². The fraction of sp³-hybridized carbons (Fsp3) is 0.333. The minimum absolute atomic E-state index is 0.0571. The number of aromatic nitrogens is 1. The van der Waals surface area contributed by atoms with Gasteiger partial charge in [0.2, 0.25) is 5.91 Å². The maximum absolute atomic E-state index is 13.2. The van der Waals surface area contributed by atoms with Crippen molar-refractivity contribution >= 4 is 5.91 Å². The third-order valence-electron chi connectivity index (χ3n) is 4.24. The van der Waals surface area contributed by atoms with E-state index in [4.69, 9.17) is 0 Å². The number of benzene rings is 1. The van der Waals surface area contributed by atoms with Crippen molar-refractivity contribution in [1.29, 1.82) is 0 Å².